The third-order valence-electron chi connectivity index (χ3n) is 6.67. The SMILES string of the molecule is O=C(Cc1ccc(N(Cc2cccc(F)c2)C(=O)C2CCCC2)cc1)NCCN1CCOCC1. The molecule has 2 aromatic rings. The fourth-order valence-corrected chi connectivity index (χ4v) is 4.73. The molecular formula is C27H34FN3O3. The predicted molar refractivity (Wildman–Crippen MR) is 130 cm³/mol. The number of rotatable bonds is 9. The zero-order valence-electron chi connectivity index (χ0n) is 19.7. The van der Waals surface area contributed by atoms with Crippen LogP contribution in [-0.2, 0) is 27.3 Å². The first-order valence-corrected chi connectivity index (χ1v) is 12.3. The van der Waals surface area contributed by atoms with Crippen molar-refractivity contribution in [3.8, 4) is 0 Å². The van der Waals surface area contributed by atoms with E-state index < -0.39 is 0 Å². The minimum atomic E-state index is -0.305. The lowest BCUT2D eigenvalue weighted by Crippen LogP contribution is -2.41. The van der Waals surface area contributed by atoms with E-state index in [4.69, 9.17) is 4.74 Å². The second kappa shape index (κ2) is 12.1. The number of carbonyl (C=O) groups excluding carboxylic acids is 2. The van der Waals surface area contributed by atoms with E-state index in [0.717, 1.165) is 75.3 Å². The molecule has 4 rings (SSSR count). The molecular weight excluding hydrogens is 433 g/mol. The Hall–Kier alpha value is -2.77. The lowest BCUT2D eigenvalue weighted by Gasteiger charge is -2.26. The van der Waals surface area contributed by atoms with Crippen molar-refractivity contribution in [3.63, 3.8) is 0 Å². The molecule has 0 spiro atoms. The summed E-state index contributed by atoms with van der Waals surface area (Å²) >= 11 is 0. The van der Waals surface area contributed by atoms with Crippen LogP contribution in [0.25, 0.3) is 0 Å². The number of nitrogens with one attached hydrogen (secondary N) is 1. The summed E-state index contributed by atoms with van der Waals surface area (Å²) < 4.78 is 19.1. The van der Waals surface area contributed by atoms with Gasteiger partial charge in [-0.1, -0.05) is 37.1 Å². The van der Waals surface area contributed by atoms with Crippen LogP contribution in [0.15, 0.2) is 48.5 Å². The van der Waals surface area contributed by atoms with Gasteiger partial charge in [-0.3, -0.25) is 14.5 Å². The van der Waals surface area contributed by atoms with Crippen LogP contribution >= 0.6 is 0 Å². The van der Waals surface area contributed by atoms with Crippen molar-refractivity contribution in [1.82, 2.24) is 10.2 Å². The second-order valence-corrected chi connectivity index (χ2v) is 9.18. The quantitative estimate of drug-likeness (QED) is 0.613. The van der Waals surface area contributed by atoms with Gasteiger partial charge in [-0.15, -0.1) is 0 Å². The Labute approximate surface area is 201 Å². The van der Waals surface area contributed by atoms with Crippen molar-refractivity contribution < 1.29 is 18.7 Å². The van der Waals surface area contributed by atoms with Crippen molar-refractivity contribution in [1.29, 1.82) is 0 Å². The van der Waals surface area contributed by atoms with E-state index in [0.29, 0.717) is 19.5 Å². The molecule has 0 bridgehead atoms. The van der Waals surface area contributed by atoms with Gasteiger partial charge in [-0.25, -0.2) is 4.39 Å². The lowest BCUT2D eigenvalue weighted by molar-refractivity contribution is -0.122. The van der Waals surface area contributed by atoms with Crippen molar-refractivity contribution in [2.24, 2.45) is 5.92 Å². The molecule has 2 aromatic carbocycles. The Morgan fingerprint density at radius 3 is 2.47 bits per heavy atom. The van der Waals surface area contributed by atoms with Gasteiger partial charge < -0.3 is 15.0 Å². The van der Waals surface area contributed by atoms with Crippen LogP contribution in [0.1, 0.15) is 36.8 Å². The molecule has 2 fully saturated rings. The Morgan fingerprint density at radius 2 is 1.76 bits per heavy atom. The first-order chi connectivity index (χ1) is 16.6. The molecule has 1 aliphatic heterocycles. The molecule has 0 atom stereocenters. The number of benzene rings is 2. The molecule has 2 amide bonds. The molecule has 1 aliphatic carbocycles. The molecule has 1 saturated carbocycles. The zero-order valence-corrected chi connectivity index (χ0v) is 19.7. The molecule has 182 valence electrons. The van der Waals surface area contributed by atoms with E-state index in [1.54, 1.807) is 11.0 Å². The predicted octanol–water partition coefficient (Wildman–Crippen LogP) is 3.54. The number of morpholine rings is 1. The van der Waals surface area contributed by atoms with Crippen LogP contribution < -0.4 is 10.2 Å². The fourth-order valence-electron chi connectivity index (χ4n) is 4.73. The molecule has 34 heavy (non-hydrogen) atoms. The Balaban J connectivity index is 1.36. The maximum Gasteiger partial charge on any atom is 0.230 e. The standard InChI is InChI=1S/C27H34FN3O3/c28-24-7-3-4-22(18-24)20-31(27(33)23-5-1-2-6-23)25-10-8-21(9-11-25)19-26(32)29-12-13-30-14-16-34-17-15-30/h3-4,7-11,18,23H,1-2,5-6,12-17,19-20H2,(H,29,32). The highest BCUT2D eigenvalue weighted by Gasteiger charge is 2.28. The average molecular weight is 468 g/mol. The molecule has 1 saturated heterocycles. The Kier molecular flexibility index (Phi) is 8.66. The van der Waals surface area contributed by atoms with Crippen LogP contribution in [0.5, 0.6) is 0 Å². The average Bonchev–Trinajstić information content (AvgIpc) is 3.39. The molecule has 2 aliphatic rings. The Bertz CT molecular complexity index is 954. The van der Waals surface area contributed by atoms with Crippen LogP contribution in [0, 0.1) is 11.7 Å². The number of halogens is 1. The molecule has 6 nitrogen and oxygen atoms in total. The minimum absolute atomic E-state index is 0.0142. The summed E-state index contributed by atoms with van der Waals surface area (Å²) in [6.07, 6.45) is 4.25. The molecule has 0 radical (unpaired) electrons. The van der Waals surface area contributed by atoms with Crippen LogP contribution in [0.2, 0.25) is 0 Å². The fraction of sp³-hybridized carbons (Fsp3) is 0.481. The summed E-state index contributed by atoms with van der Waals surface area (Å²) in [5.74, 6) is -0.207. The highest BCUT2D eigenvalue weighted by Crippen LogP contribution is 2.30. The van der Waals surface area contributed by atoms with Crippen molar-refractivity contribution in [3.05, 3.63) is 65.5 Å². The second-order valence-electron chi connectivity index (χ2n) is 9.18. The number of hydrogen-bond donors (Lipinski definition) is 1. The van der Waals surface area contributed by atoms with Gasteiger partial charge in [0.15, 0.2) is 0 Å². The van der Waals surface area contributed by atoms with Gasteiger partial charge in [0.05, 0.1) is 26.2 Å². The smallest absolute Gasteiger partial charge is 0.230 e. The molecule has 7 heteroatoms. The number of amides is 2. The van der Waals surface area contributed by atoms with E-state index >= 15 is 0 Å². The van der Waals surface area contributed by atoms with Gasteiger partial charge in [-0.2, -0.15) is 0 Å². The van der Waals surface area contributed by atoms with Crippen LogP contribution in [0.4, 0.5) is 10.1 Å². The number of ether oxygens (including phenoxy) is 1. The number of carbonyl (C=O) groups is 2. The summed E-state index contributed by atoms with van der Waals surface area (Å²) in [7, 11) is 0. The zero-order chi connectivity index (χ0) is 23.8. The summed E-state index contributed by atoms with van der Waals surface area (Å²) in [6.45, 7) is 5.08. The van der Waals surface area contributed by atoms with Gasteiger partial charge in [-0.05, 0) is 48.2 Å². The maximum absolute atomic E-state index is 13.7. The largest absolute Gasteiger partial charge is 0.379 e. The maximum atomic E-state index is 13.7. The molecule has 0 unspecified atom stereocenters. The van der Waals surface area contributed by atoms with E-state index in [2.05, 4.69) is 10.2 Å². The van der Waals surface area contributed by atoms with Crippen LogP contribution in [0.3, 0.4) is 0 Å². The summed E-state index contributed by atoms with van der Waals surface area (Å²) in [4.78, 5) is 29.7. The third kappa shape index (κ3) is 6.87. The number of anilines is 1. The van der Waals surface area contributed by atoms with Gasteiger partial charge in [0, 0.05) is 37.8 Å². The third-order valence-corrected chi connectivity index (χ3v) is 6.67. The topological polar surface area (TPSA) is 61.9 Å². The minimum Gasteiger partial charge on any atom is -0.379 e. The van der Waals surface area contributed by atoms with E-state index in [9.17, 15) is 14.0 Å². The monoisotopic (exact) mass is 467 g/mol. The van der Waals surface area contributed by atoms with Gasteiger partial charge in [0.1, 0.15) is 5.82 Å². The first kappa shape index (κ1) is 24.4. The van der Waals surface area contributed by atoms with Crippen molar-refractivity contribution in [2.45, 2.75) is 38.6 Å². The number of nitrogens with zero attached hydrogens (tertiary/aromatic N) is 2. The highest BCUT2D eigenvalue weighted by molar-refractivity contribution is 5.95. The van der Waals surface area contributed by atoms with Gasteiger partial charge >= 0.3 is 0 Å². The van der Waals surface area contributed by atoms with Gasteiger partial charge in [0.2, 0.25) is 11.8 Å². The van der Waals surface area contributed by atoms with E-state index in [-0.39, 0.29) is 23.5 Å². The summed E-state index contributed by atoms with van der Waals surface area (Å²) in [5, 5.41) is 2.99. The summed E-state index contributed by atoms with van der Waals surface area (Å²) in [6, 6.07) is 14.0. The Morgan fingerprint density at radius 1 is 1.03 bits per heavy atom. The molecule has 1 N–H and O–H groups in total. The van der Waals surface area contributed by atoms with E-state index in [1.165, 1.54) is 12.1 Å². The normalized spacial score (nSPS) is 17.0. The molecule has 0 aromatic heterocycles. The lowest BCUT2D eigenvalue weighted by atomic mass is 10.0. The molecule has 1 heterocycles. The number of hydrogen-bond acceptors (Lipinski definition) is 4. The van der Waals surface area contributed by atoms with Crippen LogP contribution in [-0.4, -0.2) is 56.1 Å². The highest BCUT2D eigenvalue weighted by atomic mass is 19.1. The van der Waals surface area contributed by atoms with Crippen molar-refractivity contribution >= 4 is 17.5 Å². The first-order valence-electron chi connectivity index (χ1n) is 12.3. The van der Waals surface area contributed by atoms with E-state index in [1.807, 2.05) is 30.3 Å². The van der Waals surface area contributed by atoms with Crippen molar-refractivity contribution in [2.75, 3.05) is 44.3 Å². The van der Waals surface area contributed by atoms with Gasteiger partial charge in [0.25, 0.3) is 0 Å². The summed E-state index contributed by atoms with van der Waals surface area (Å²) in [5.41, 5.74) is 2.43.